The number of carbonyl (C=O) groups excluding carboxylic acids is 1. The van der Waals surface area contributed by atoms with E-state index in [2.05, 4.69) is 47.6 Å². The predicted molar refractivity (Wildman–Crippen MR) is 96.3 cm³/mol. The minimum Gasteiger partial charge on any atom is -0.378 e. The number of allylic oxidation sites excluding steroid dienone is 4. The fourth-order valence-electron chi connectivity index (χ4n) is 4.72. The lowest BCUT2D eigenvalue weighted by atomic mass is 9.72. The summed E-state index contributed by atoms with van der Waals surface area (Å²) in [6.07, 6.45) is 16.2. The maximum absolute atomic E-state index is 12.8. The molecule has 4 nitrogen and oxygen atoms in total. The fraction of sp³-hybridized carbons (Fsp3) is 0.650. The minimum atomic E-state index is 0.217. The molecule has 2 heterocycles. The summed E-state index contributed by atoms with van der Waals surface area (Å²) in [5, 5.41) is 3.55. The number of rotatable bonds is 2. The summed E-state index contributed by atoms with van der Waals surface area (Å²) in [7, 11) is 2.12. The SMILES string of the molecule is CN1CCN(C(=O)C2=CC3CC(C4C=CC=CC4)CCC3N2)CC1. The van der Waals surface area contributed by atoms with Crippen LogP contribution in [-0.4, -0.2) is 55.0 Å². The second kappa shape index (κ2) is 6.75. The highest BCUT2D eigenvalue weighted by atomic mass is 16.2. The van der Waals surface area contributed by atoms with E-state index in [4.69, 9.17) is 0 Å². The van der Waals surface area contributed by atoms with Crippen LogP contribution in [0.5, 0.6) is 0 Å². The molecule has 4 heteroatoms. The van der Waals surface area contributed by atoms with E-state index < -0.39 is 0 Å². The van der Waals surface area contributed by atoms with E-state index in [1.807, 2.05) is 4.90 Å². The van der Waals surface area contributed by atoms with Gasteiger partial charge in [-0.15, -0.1) is 0 Å². The maximum Gasteiger partial charge on any atom is 0.269 e. The zero-order chi connectivity index (χ0) is 16.5. The Hall–Kier alpha value is -1.55. The molecule has 4 rings (SSSR count). The lowest BCUT2D eigenvalue weighted by Gasteiger charge is -2.35. The van der Waals surface area contributed by atoms with Crippen molar-refractivity contribution in [1.29, 1.82) is 0 Å². The van der Waals surface area contributed by atoms with Crippen molar-refractivity contribution in [2.75, 3.05) is 33.2 Å². The minimum absolute atomic E-state index is 0.217. The molecule has 130 valence electrons. The van der Waals surface area contributed by atoms with Crippen molar-refractivity contribution in [3.8, 4) is 0 Å². The highest BCUT2D eigenvalue weighted by molar-refractivity contribution is 5.93. The van der Waals surface area contributed by atoms with Crippen LogP contribution in [-0.2, 0) is 4.79 Å². The van der Waals surface area contributed by atoms with Gasteiger partial charge in [-0.2, -0.15) is 0 Å². The summed E-state index contributed by atoms with van der Waals surface area (Å²) in [4.78, 5) is 17.1. The van der Waals surface area contributed by atoms with Crippen molar-refractivity contribution in [3.05, 3.63) is 36.1 Å². The summed E-state index contributed by atoms with van der Waals surface area (Å²) in [6, 6.07) is 0.482. The number of amides is 1. The van der Waals surface area contributed by atoms with Crippen molar-refractivity contribution < 1.29 is 4.79 Å². The molecular formula is C20H29N3O. The first-order valence-corrected chi connectivity index (χ1v) is 9.50. The highest BCUT2D eigenvalue weighted by Crippen LogP contribution is 2.40. The zero-order valence-corrected chi connectivity index (χ0v) is 14.7. The molecule has 1 saturated carbocycles. The molecule has 0 bridgehead atoms. The topological polar surface area (TPSA) is 35.6 Å². The zero-order valence-electron chi connectivity index (χ0n) is 14.7. The molecular weight excluding hydrogens is 298 g/mol. The molecule has 0 aromatic rings. The van der Waals surface area contributed by atoms with E-state index in [0.29, 0.717) is 17.9 Å². The first kappa shape index (κ1) is 15.9. The summed E-state index contributed by atoms with van der Waals surface area (Å²) in [5.74, 6) is 2.22. The van der Waals surface area contributed by atoms with Crippen LogP contribution in [0.3, 0.4) is 0 Å². The average Bonchev–Trinajstić information content (AvgIpc) is 3.06. The number of carbonyl (C=O) groups is 1. The number of fused-ring (bicyclic) bond motifs is 1. The van der Waals surface area contributed by atoms with E-state index in [9.17, 15) is 4.79 Å². The Morgan fingerprint density at radius 1 is 1.12 bits per heavy atom. The third-order valence-electron chi connectivity index (χ3n) is 6.30. The van der Waals surface area contributed by atoms with Crippen LogP contribution in [0.15, 0.2) is 36.1 Å². The van der Waals surface area contributed by atoms with Gasteiger partial charge in [-0.1, -0.05) is 30.4 Å². The Balaban J connectivity index is 1.38. The van der Waals surface area contributed by atoms with Crippen molar-refractivity contribution in [2.45, 2.75) is 31.7 Å². The Bertz CT molecular complexity index is 571. The van der Waals surface area contributed by atoms with Gasteiger partial charge in [0, 0.05) is 32.2 Å². The molecule has 2 aliphatic carbocycles. The van der Waals surface area contributed by atoms with Crippen LogP contribution in [0.4, 0.5) is 0 Å². The molecule has 4 aliphatic rings. The van der Waals surface area contributed by atoms with Crippen LogP contribution in [0.2, 0.25) is 0 Å². The smallest absolute Gasteiger partial charge is 0.269 e. The van der Waals surface area contributed by atoms with Gasteiger partial charge in [-0.3, -0.25) is 4.79 Å². The Morgan fingerprint density at radius 2 is 1.96 bits per heavy atom. The van der Waals surface area contributed by atoms with E-state index in [0.717, 1.165) is 37.8 Å². The van der Waals surface area contributed by atoms with Crippen LogP contribution in [0.1, 0.15) is 25.7 Å². The molecule has 0 radical (unpaired) electrons. The third kappa shape index (κ3) is 3.16. The average molecular weight is 327 g/mol. The Labute approximate surface area is 145 Å². The monoisotopic (exact) mass is 327 g/mol. The molecule has 2 aliphatic heterocycles. The molecule has 0 aromatic heterocycles. The molecule has 0 spiro atoms. The number of likely N-dealkylation sites (N-methyl/N-ethyl adjacent to an activating group) is 1. The van der Waals surface area contributed by atoms with E-state index in [1.54, 1.807) is 0 Å². The van der Waals surface area contributed by atoms with E-state index >= 15 is 0 Å². The van der Waals surface area contributed by atoms with Gasteiger partial charge in [-0.25, -0.2) is 0 Å². The molecule has 1 saturated heterocycles. The number of nitrogens with one attached hydrogen (secondary N) is 1. The van der Waals surface area contributed by atoms with Gasteiger partial charge >= 0.3 is 0 Å². The normalized spacial score (nSPS) is 36.2. The van der Waals surface area contributed by atoms with Crippen molar-refractivity contribution in [3.63, 3.8) is 0 Å². The number of nitrogens with zero attached hydrogens (tertiary/aromatic N) is 2. The first-order valence-electron chi connectivity index (χ1n) is 9.50. The molecule has 4 unspecified atom stereocenters. The highest BCUT2D eigenvalue weighted by Gasteiger charge is 2.38. The molecule has 4 atom stereocenters. The quantitative estimate of drug-likeness (QED) is 0.844. The Kier molecular flexibility index (Phi) is 4.49. The molecule has 2 fully saturated rings. The van der Waals surface area contributed by atoms with Gasteiger partial charge in [0.2, 0.25) is 0 Å². The van der Waals surface area contributed by atoms with Crippen LogP contribution in [0.25, 0.3) is 0 Å². The lowest BCUT2D eigenvalue weighted by Crippen LogP contribution is -2.49. The van der Waals surface area contributed by atoms with Gasteiger partial charge in [0.15, 0.2) is 0 Å². The fourth-order valence-corrected chi connectivity index (χ4v) is 4.72. The second-order valence-electron chi connectivity index (χ2n) is 7.88. The van der Waals surface area contributed by atoms with E-state index in [1.165, 1.54) is 25.7 Å². The number of hydrogen-bond acceptors (Lipinski definition) is 3. The van der Waals surface area contributed by atoms with Crippen LogP contribution >= 0.6 is 0 Å². The molecule has 24 heavy (non-hydrogen) atoms. The van der Waals surface area contributed by atoms with Gasteiger partial charge in [0.25, 0.3) is 5.91 Å². The number of hydrogen-bond donors (Lipinski definition) is 1. The van der Waals surface area contributed by atoms with Crippen molar-refractivity contribution >= 4 is 5.91 Å². The largest absolute Gasteiger partial charge is 0.378 e. The first-order chi connectivity index (χ1) is 11.7. The Morgan fingerprint density at radius 3 is 2.71 bits per heavy atom. The molecule has 1 amide bonds. The van der Waals surface area contributed by atoms with Gasteiger partial charge in [0.05, 0.1) is 5.70 Å². The summed E-state index contributed by atoms with van der Waals surface area (Å²) >= 11 is 0. The van der Waals surface area contributed by atoms with Crippen LogP contribution in [0, 0.1) is 17.8 Å². The molecule has 0 aromatic carbocycles. The third-order valence-corrected chi connectivity index (χ3v) is 6.30. The van der Waals surface area contributed by atoms with Crippen molar-refractivity contribution in [2.24, 2.45) is 17.8 Å². The van der Waals surface area contributed by atoms with Gasteiger partial charge in [-0.05, 0) is 50.5 Å². The standard InChI is InChI=1S/C20H29N3O/c1-22-9-11-23(12-10-22)20(24)19-14-17-13-16(7-8-18(17)21-19)15-5-3-2-4-6-15/h2-5,14-18,21H,6-13H2,1H3. The maximum atomic E-state index is 12.8. The summed E-state index contributed by atoms with van der Waals surface area (Å²) < 4.78 is 0. The van der Waals surface area contributed by atoms with Gasteiger partial charge < -0.3 is 15.1 Å². The van der Waals surface area contributed by atoms with Crippen molar-refractivity contribution in [1.82, 2.24) is 15.1 Å². The van der Waals surface area contributed by atoms with E-state index in [-0.39, 0.29) is 5.91 Å². The second-order valence-corrected chi connectivity index (χ2v) is 7.88. The lowest BCUT2D eigenvalue weighted by molar-refractivity contribution is -0.129. The molecule has 1 N–H and O–H groups in total. The van der Waals surface area contributed by atoms with Crippen LogP contribution < -0.4 is 5.32 Å². The summed E-state index contributed by atoms with van der Waals surface area (Å²) in [5.41, 5.74) is 0.870. The number of piperazine rings is 1. The van der Waals surface area contributed by atoms with Gasteiger partial charge in [0.1, 0.15) is 0 Å². The summed E-state index contributed by atoms with van der Waals surface area (Å²) in [6.45, 7) is 3.67. The predicted octanol–water partition coefficient (Wildman–Crippen LogP) is 2.16.